The third kappa shape index (κ3) is 3.73. The van der Waals surface area contributed by atoms with E-state index in [9.17, 15) is 0 Å². The summed E-state index contributed by atoms with van der Waals surface area (Å²) in [5.41, 5.74) is 0. The molecule has 1 aliphatic rings. The Kier molecular flexibility index (Phi) is 6.79. The van der Waals surface area contributed by atoms with Crippen LogP contribution in [0, 0.1) is 17.2 Å². The maximum Gasteiger partial charge on any atom is 0.0669 e. The molecule has 0 radical (unpaired) electrons. The van der Waals surface area contributed by atoms with E-state index in [0.717, 1.165) is 26.1 Å². The Labute approximate surface area is 76.2 Å². The molecule has 0 aromatic carbocycles. The van der Waals surface area contributed by atoms with Crippen LogP contribution in [-0.2, 0) is 0 Å². The first-order chi connectivity index (χ1) is 5.86. The molecule has 0 aromatic heterocycles. The number of hydrogen-bond donors (Lipinski definition) is 0. The molecule has 1 fully saturated rings. The molecule has 1 saturated heterocycles. The smallest absolute Gasteiger partial charge is 0.0669 e. The number of nitriles is 1. The summed E-state index contributed by atoms with van der Waals surface area (Å²) in [5, 5.41) is 8.58. The molecule has 0 amide bonds. The van der Waals surface area contributed by atoms with Crippen LogP contribution in [0.4, 0.5) is 0 Å². The van der Waals surface area contributed by atoms with E-state index in [-0.39, 0.29) is 0 Å². The van der Waals surface area contributed by atoms with Gasteiger partial charge in [-0.2, -0.15) is 5.26 Å². The molecule has 0 aromatic rings. The lowest BCUT2D eigenvalue weighted by molar-refractivity contribution is 0.333. The summed E-state index contributed by atoms with van der Waals surface area (Å²) < 4.78 is 0. The summed E-state index contributed by atoms with van der Waals surface area (Å²) >= 11 is 0. The first kappa shape index (κ1) is 11.4. The van der Waals surface area contributed by atoms with Gasteiger partial charge < -0.3 is 4.90 Å². The fraction of sp³-hybridized carbons (Fsp3) is 0.900. The van der Waals surface area contributed by atoms with Crippen molar-refractivity contribution in [3.63, 3.8) is 0 Å². The number of hydrogen-bond acceptors (Lipinski definition) is 2. The minimum Gasteiger partial charge on any atom is -0.302 e. The summed E-state index contributed by atoms with van der Waals surface area (Å²) in [7, 11) is 0. The van der Waals surface area contributed by atoms with Crippen LogP contribution in [0.2, 0.25) is 0 Å². The quantitative estimate of drug-likeness (QED) is 0.632. The van der Waals surface area contributed by atoms with E-state index in [1.54, 1.807) is 0 Å². The largest absolute Gasteiger partial charge is 0.302 e. The van der Waals surface area contributed by atoms with E-state index in [1.807, 2.05) is 13.8 Å². The average molecular weight is 168 g/mol. The van der Waals surface area contributed by atoms with Crippen molar-refractivity contribution in [3.8, 4) is 6.07 Å². The van der Waals surface area contributed by atoms with E-state index < -0.39 is 0 Å². The standard InChI is InChI=1S/C8H14N2.C2H6/c1-2-4-10-5-3-8(6-9)7-10;1-2/h8H,2-5,7H2,1H3;1-2H3. The van der Waals surface area contributed by atoms with Crippen molar-refractivity contribution >= 4 is 0 Å². The first-order valence-electron chi connectivity index (χ1n) is 4.98. The van der Waals surface area contributed by atoms with Crippen molar-refractivity contribution in [3.05, 3.63) is 0 Å². The van der Waals surface area contributed by atoms with Crippen molar-refractivity contribution in [2.24, 2.45) is 5.92 Å². The van der Waals surface area contributed by atoms with Gasteiger partial charge in [-0.15, -0.1) is 0 Å². The van der Waals surface area contributed by atoms with Gasteiger partial charge in [0.15, 0.2) is 0 Å². The molecule has 0 bridgehead atoms. The third-order valence-corrected chi connectivity index (χ3v) is 1.99. The molecule has 0 spiro atoms. The van der Waals surface area contributed by atoms with Gasteiger partial charge in [0.2, 0.25) is 0 Å². The highest BCUT2D eigenvalue weighted by molar-refractivity contribution is 4.90. The van der Waals surface area contributed by atoms with E-state index in [2.05, 4.69) is 17.9 Å². The van der Waals surface area contributed by atoms with Crippen LogP contribution in [0.25, 0.3) is 0 Å². The second-order valence-electron chi connectivity index (χ2n) is 2.92. The van der Waals surface area contributed by atoms with E-state index in [4.69, 9.17) is 5.26 Å². The lowest BCUT2D eigenvalue weighted by Crippen LogP contribution is -2.20. The van der Waals surface area contributed by atoms with Crippen molar-refractivity contribution < 1.29 is 0 Å². The normalized spacial score (nSPS) is 22.7. The summed E-state index contributed by atoms with van der Waals surface area (Å²) in [6.45, 7) is 9.48. The Morgan fingerprint density at radius 1 is 1.50 bits per heavy atom. The Hall–Kier alpha value is -0.550. The molecule has 1 rings (SSSR count). The molecule has 12 heavy (non-hydrogen) atoms. The molecule has 0 saturated carbocycles. The van der Waals surface area contributed by atoms with E-state index in [0.29, 0.717) is 5.92 Å². The Balaban J connectivity index is 0.000000561. The number of nitrogens with zero attached hydrogens (tertiary/aromatic N) is 2. The van der Waals surface area contributed by atoms with Crippen molar-refractivity contribution in [1.29, 1.82) is 5.26 Å². The van der Waals surface area contributed by atoms with Gasteiger partial charge in [0.05, 0.1) is 12.0 Å². The maximum atomic E-state index is 8.58. The van der Waals surface area contributed by atoms with Gasteiger partial charge in [0.1, 0.15) is 0 Å². The van der Waals surface area contributed by atoms with Gasteiger partial charge in [-0.05, 0) is 25.9 Å². The van der Waals surface area contributed by atoms with Crippen molar-refractivity contribution in [2.75, 3.05) is 19.6 Å². The SMILES string of the molecule is CC.CCCN1CCC(C#N)C1. The fourth-order valence-corrected chi connectivity index (χ4v) is 1.46. The molecule has 0 N–H and O–H groups in total. The summed E-state index contributed by atoms with van der Waals surface area (Å²) in [5.74, 6) is 0.312. The molecule has 70 valence electrons. The van der Waals surface area contributed by atoms with Crippen molar-refractivity contribution in [1.82, 2.24) is 4.90 Å². The van der Waals surface area contributed by atoms with Crippen LogP contribution < -0.4 is 0 Å². The highest BCUT2D eigenvalue weighted by Crippen LogP contribution is 2.14. The third-order valence-electron chi connectivity index (χ3n) is 1.99. The minimum absolute atomic E-state index is 0.312. The molecule has 2 heteroatoms. The molecular weight excluding hydrogens is 148 g/mol. The highest BCUT2D eigenvalue weighted by atomic mass is 15.1. The lowest BCUT2D eigenvalue weighted by atomic mass is 10.1. The maximum absolute atomic E-state index is 8.58. The van der Waals surface area contributed by atoms with Crippen LogP contribution in [0.5, 0.6) is 0 Å². The van der Waals surface area contributed by atoms with Gasteiger partial charge in [-0.3, -0.25) is 0 Å². The van der Waals surface area contributed by atoms with Crippen LogP contribution in [-0.4, -0.2) is 24.5 Å². The average Bonchev–Trinajstić information content (AvgIpc) is 2.57. The minimum atomic E-state index is 0.312. The van der Waals surface area contributed by atoms with Crippen LogP contribution in [0.1, 0.15) is 33.6 Å². The number of likely N-dealkylation sites (tertiary alicyclic amines) is 1. The van der Waals surface area contributed by atoms with Gasteiger partial charge in [-0.1, -0.05) is 20.8 Å². The van der Waals surface area contributed by atoms with Gasteiger partial charge in [0, 0.05) is 6.54 Å². The van der Waals surface area contributed by atoms with Crippen LogP contribution >= 0.6 is 0 Å². The molecule has 0 aliphatic carbocycles. The summed E-state index contributed by atoms with van der Waals surface area (Å²) in [6.07, 6.45) is 2.29. The molecular formula is C10H20N2. The zero-order valence-corrected chi connectivity index (χ0v) is 8.51. The fourth-order valence-electron chi connectivity index (χ4n) is 1.46. The molecule has 1 aliphatic heterocycles. The predicted octanol–water partition coefficient (Wildman–Crippen LogP) is 2.27. The number of rotatable bonds is 2. The summed E-state index contributed by atoms with van der Waals surface area (Å²) in [6, 6.07) is 2.31. The van der Waals surface area contributed by atoms with Gasteiger partial charge in [-0.25, -0.2) is 0 Å². The molecule has 1 unspecified atom stereocenters. The topological polar surface area (TPSA) is 27.0 Å². The van der Waals surface area contributed by atoms with Crippen LogP contribution in [0.3, 0.4) is 0 Å². The monoisotopic (exact) mass is 168 g/mol. The Bertz CT molecular complexity index is 137. The van der Waals surface area contributed by atoms with Crippen molar-refractivity contribution in [2.45, 2.75) is 33.6 Å². The highest BCUT2D eigenvalue weighted by Gasteiger charge is 2.20. The second kappa shape index (κ2) is 7.12. The van der Waals surface area contributed by atoms with Gasteiger partial charge in [0.25, 0.3) is 0 Å². The Morgan fingerprint density at radius 3 is 2.58 bits per heavy atom. The molecule has 1 atom stereocenters. The first-order valence-corrected chi connectivity index (χ1v) is 4.98. The van der Waals surface area contributed by atoms with E-state index >= 15 is 0 Å². The zero-order chi connectivity index (χ0) is 9.40. The predicted molar refractivity (Wildman–Crippen MR) is 51.8 cm³/mol. The zero-order valence-electron chi connectivity index (χ0n) is 8.51. The Morgan fingerprint density at radius 2 is 2.17 bits per heavy atom. The van der Waals surface area contributed by atoms with E-state index in [1.165, 1.54) is 6.42 Å². The second-order valence-corrected chi connectivity index (χ2v) is 2.92. The van der Waals surface area contributed by atoms with Gasteiger partial charge >= 0.3 is 0 Å². The molecule has 1 heterocycles. The van der Waals surface area contributed by atoms with Crippen LogP contribution in [0.15, 0.2) is 0 Å². The summed E-state index contributed by atoms with van der Waals surface area (Å²) in [4.78, 5) is 2.37. The lowest BCUT2D eigenvalue weighted by Gasteiger charge is -2.11. The molecule has 2 nitrogen and oxygen atoms in total.